The Morgan fingerprint density at radius 2 is 2.20 bits per heavy atom. The Balaban J connectivity index is 2.20. The lowest BCUT2D eigenvalue weighted by Gasteiger charge is -2.35. The maximum atomic E-state index is 13.5. The molecule has 0 aromatic heterocycles. The maximum Gasteiger partial charge on any atom is 0.295 e. The lowest BCUT2D eigenvalue weighted by molar-refractivity contribution is -0.384. The molecule has 2 rings (SSSR count). The first kappa shape index (κ1) is 14.7. The third-order valence-corrected chi connectivity index (χ3v) is 4.04. The highest BCUT2D eigenvalue weighted by Crippen LogP contribution is 2.30. The van der Waals surface area contributed by atoms with Gasteiger partial charge in [0.15, 0.2) is 0 Å². The van der Waals surface area contributed by atoms with Gasteiger partial charge in [0.1, 0.15) is 11.5 Å². The van der Waals surface area contributed by atoms with E-state index in [9.17, 15) is 14.5 Å². The van der Waals surface area contributed by atoms with Gasteiger partial charge in [0.25, 0.3) is 5.69 Å². The van der Waals surface area contributed by atoms with Crippen molar-refractivity contribution < 1.29 is 9.31 Å². The zero-order valence-corrected chi connectivity index (χ0v) is 12.0. The van der Waals surface area contributed by atoms with Gasteiger partial charge in [-0.2, -0.15) is 0 Å². The van der Waals surface area contributed by atoms with Crippen LogP contribution in [-0.4, -0.2) is 35.5 Å². The second-order valence-electron chi connectivity index (χ2n) is 5.57. The van der Waals surface area contributed by atoms with Crippen molar-refractivity contribution in [1.29, 1.82) is 0 Å². The lowest BCUT2D eigenvalue weighted by atomic mass is 9.98. The SMILES string of the molecule is Cc1cc(NC2CCN(C)C(C)C2)c([N+](=O)[O-])cc1F. The number of nitro groups is 1. The summed E-state index contributed by atoms with van der Waals surface area (Å²) in [6.45, 7) is 4.70. The van der Waals surface area contributed by atoms with E-state index < -0.39 is 10.7 Å². The standard InChI is InChI=1S/C14H20FN3O2/c1-9-6-13(14(18(19)20)8-12(9)15)16-11-4-5-17(3)10(2)7-11/h6,8,10-11,16H,4-5,7H2,1-3H3. The summed E-state index contributed by atoms with van der Waals surface area (Å²) in [7, 11) is 2.07. The number of nitrogens with one attached hydrogen (secondary N) is 1. The smallest absolute Gasteiger partial charge is 0.295 e. The summed E-state index contributed by atoms with van der Waals surface area (Å²) in [4.78, 5) is 12.8. The predicted octanol–water partition coefficient (Wildman–Crippen LogP) is 2.94. The lowest BCUT2D eigenvalue weighted by Crippen LogP contribution is -2.42. The minimum absolute atomic E-state index is 0.185. The van der Waals surface area contributed by atoms with E-state index in [4.69, 9.17) is 0 Å². The average molecular weight is 281 g/mol. The Labute approximate surface area is 117 Å². The second-order valence-corrected chi connectivity index (χ2v) is 5.57. The Hall–Kier alpha value is -1.69. The summed E-state index contributed by atoms with van der Waals surface area (Å²) in [6.07, 6.45) is 1.85. The molecule has 5 nitrogen and oxygen atoms in total. The number of piperidine rings is 1. The molecule has 0 aliphatic carbocycles. The molecule has 6 heteroatoms. The fourth-order valence-electron chi connectivity index (χ4n) is 2.58. The molecule has 0 bridgehead atoms. The van der Waals surface area contributed by atoms with E-state index in [0.717, 1.165) is 25.5 Å². The third kappa shape index (κ3) is 3.07. The summed E-state index contributed by atoms with van der Waals surface area (Å²) >= 11 is 0. The topological polar surface area (TPSA) is 58.4 Å². The number of hydrogen-bond donors (Lipinski definition) is 1. The average Bonchev–Trinajstić information content (AvgIpc) is 2.37. The molecular weight excluding hydrogens is 261 g/mol. The van der Waals surface area contributed by atoms with Crippen LogP contribution >= 0.6 is 0 Å². The molecule has 2 atom stereocenters. The van der Waals surface area contributed by atoms with Gasteiger partial charge in [0, 0.05) is 18.6 Å². The van der Waals surface area contributed by atoms with E-state index in [0.29, 0.717) is 17.3 Å². The van der Waals surface area contributed by atoms with Crippen molar-refractivity contribution in [2.45, 2.75) is 38.8 Å². The molecule has 0 amide bonds. The number of nitro benzene ring substituents is 1. The molecule has 2 unspecified atom stereocenters. The van der Waals surface area contributed by atoms with E-state index in [1.807, 2.05) is 0 Å². The number of rotatable bonds is 3. The van der Waals surface area contributed by atoms with Gasteiger partial charge < -0.3 is 10.2 Å². The van der Waals surface area contributed by atoms with Crippen LogP contribution < -0.4 is 5.32 Å². The summed E-state index contributed by atoms with van der Waals surface area (Å²) < 4.78 is 13.5. The third-order valence-electron chi connectivity index (χ3n) is 4.04. The molecule has 20 heavy (non-hydrogen) atoms. The summed E-state index contributed by atoms with van der Waals surface area (Å²) in [5.74, 6) is -0.543. The normalized spacial score (nSPS) is 23.6. The predicted molar refractivity (Wildman–Crippen MR) is 76.5 cm³/mol. The van der Waals surface area contributed by atoms with Crippen molar-refractivity contribution in [2.24, 2.45) is 0 Å². The van der Waals surface area contributed by atoms with Crippen LogP contribution in [0.15, 0.2) is 12.1 Å². The largest absolute Gasteiger partial charge is 0.377 e. The van der Waals surface area contributed by atoms with Gasteiger partial charge in [-0.1, -0.05) is 0 Å². The minimum atomic E-state index is -0.543. The monoisotopic (exact) mass is 281 g/mol. The molecule has 1 N–H and O–H groups in total. The first-order chi connectivity index (χ1) is 9.38. The second kappa shape index (κ2) is 5.75. The molecule has 1 saturated heterocycles. The van der Waals surface area contributed by atoms with Crippen LogP contribution in [0, 0.1) is 22.9 Å². The van der Waals surface area contributed by atoms with Gasteiger partial charge in [0.05, 0.1) is 11.0 Å². The zero-order valence-electron chi connectivity index (χ0n) is 12.0. The number of anilines is 1. The van der Waals surface area contributed by atoms with Crippen LogP contribution in [0.5, 0.6) is 0 Å². The van der Waals surface area contributed by atoms with E-state index in [1.54, 1.807) is 6.92 Å². The van der Waals surface area contributed by atoms with E-state index in [1.165, 1.54) is 6.07 Å². The Morgan fingerprint density at radius 3 is 2.80 bits per heavy atom. The molecule has 1 heterocycles. The van der Waals surface area contributed by atoms with Crippen LogP contribution in [0.1, 0.15) is 25.3 Å². The Morgan fingerprint density at radius 1 is 1.50 bits per heavy atom. The van der Waals surface area contributed by atoms with E-state index >= 15 is 0 Å². The van der Waals surface area contributed by atoms with Gasteiger partial charge in [-0.3, -0.25) is 10.1 Å². The Bertz CT molecular complexity index is 521. The number of nitrogens with zero attached hydrogens (tertiary/aromatic N) is 2. The van der Waals surface area contributed by atoms with Gasteiger partial charge >= 0.3 is 0 Å². The van der Waals surface area contributed by atoms with Crippen LogP contribution in [-0.2, 0) is 0 Å². The molecule has 0 spiro atoms. The zero-order chi connectivity index (χ0) is 14.9. The van der Waals surface area contributed by atoms with Crippen LogP contribution in [0.25, 0.3) is 0 Å². The van der Waals surface area contributed by atoms with Crippen molar-refractivity contribution in [3.8, 4) is 0 Å². The van der Waals surface area contributed by atoms with Gasteiger partial charge in [-0.05, 0) is 45.4 Å². The van der Waals surface area contributed by atoms with Crippen molar-refractivity contribution >= 4 is 11.4 Å². The van der Waals surface area contributed by atoms with Crippen molar-refractivity contribution in [3.05, 3.63) is 33.6 Å². The molecule has 0 radical (unpaired) electrons. The molecule has 1 aromatic rings. The van der Waals surface area contributed by atoms with Crippen LogP contribution in [0.2, 0.25) is 0 Å². The molecule has 1 fully saturated rings. The number of benzene rings is 1. The van der Waals surface area contributed by atoms with Crippen molar-refractivity contribution in [1.82, 2.24) is 4.90 Å². The first-order valence-electron chi connectivity index (χ1n) is 6.79. The highest BCUT2D eigenvalue weighted by Gasteiger charge is 2.25. The fourth-order valence-corrected chi connectivity index (χ4v) is 2.58. The highest BCUT2D eigenvalue weighted by molar-refractivity contribution is 5.63. The fraction of sp³-hybridized carbons (Fsp3) is 0.571. The summed E-state index contributed by atoms with van der Waals surface area (Å²) in [5, 5.41) is 14.2. The van der Waals surface area contributed by atoms with Crippen LogP contribution in [0.3, 0.4) is 0 Å². The number of hydrogen-bond acceptors (Lipinski definition) is 4. The van der Waals surface area contributed by atoms with Gasteiger partial charge in [0.2, 0.25) is 0 Å². The summed E-state index contributed by atoms with van der Waals surface area (Å²) in [6, 6.07) is 3.14. The molecule has 1 aliphatic rings. The van der Waals surface area contributed by atoms with Crippen molar-refractivity contribution in [3.63, 3.8) is 0 Å². The van der Waals surface area contributed by atoms with E-state index in [2.05, 4.69) is 24.2 Å². The number of aryl methyl sites for hydroxylation is 1. The quantitative estimate of drug-likeness (QED) is 0.683. The Kier molecular flexibility index (Phi) is 4.23. The molecule has 0 saturated carbocycles. The number of halogens is 1. The van der Waals surface area contributed by atoms with Crippen molar-refractivity contribution in [2.75, 3.05) is 18.9 Å². The number of likely N-dealkylation sites (tertiary alicyclic amines) is 1. The van der Waals surface area contributed by atoms with Gasteiger partial charge in [-0.25, -0.2) is 4.39 Å². The highest BCUT2D eigenvalue weighted by atomic mass is 19.1. The van der Waals surface area contributed by atoms with Gasteiger partial charge in [-0.15, -0.1) is 0 Å². The molecular formula is C14H20FN3O2. The molecule has 1 aromatic carbocycles. The summed E-state index contributed by atoms with van der Waals surface area (Å²) in [5.41, 5.74) is 0.634. The minimum Gasteiger partial charge on any atom is -0.377 e. The maximum absolute atomic E-state index is 13.5. The van der Waals surface area contributed by atoms with E-state index in [-0.39, 0.29) is 11.7 Å². The van der Waals surface area contributed by atoms with Crippen LogP contribution in [0.4, 0.5) is 15.8 Å². The first-order valence-corrected chi connectivity index (χ1v) is 6.79. The molecule has 1 aliphatic heterocycles. The molecule has 110 valence electrons.